The molecule has 0 unspecified atom stereocenters. The Morgan fingerprint density at radius 2 is 2.25 bits per heavy atom. The molecule has 0 bridgehead atoms. The van der Waals surface area contributed by atoms with E-state index in [1.165, 1.54) is 0 Å². The molecule has 0 amide bonds. The predicted molar refractivity (Wildman–Crippen MR) is 75.1 cm³/mol. The smallest absolute Gasteiger partial charge is 0.0925 e. The van der Waals surface area contributed by atoms with Gasteiger partial charge in [0.25, 0.3) is 0 Å². The van der Waals surface area contributed by atoms with Gasteiger partial charge in [-0.15, -0.1) is 0 Å². The van der Waals surface area contributed by atoms with Crippen molar-refractivity contribution in [3.8, 4) is 0 Å². The molecular weight excluding hydrogens is 254 g/mol. The van der Waals surface area contributed by atoms with Crippen molar-refractivity contribution in [3.05, 3.63) is 35.2 Å². The van der Waals surface area contributed by atoms with Gasteiger partial charge in [-0.25, -0.2) is 4.98 Å². The molecule has 1 fully saturated rings. The number of nitrogens with zero attached hydrogens (tertiary/aromatic N) is 3. The fourth-order valence-electron chi connectivity index (χ4n) is 2.88. The Balaban J connectivity index is 1.60. The minimum Gasteiger partial charge on any atom is -0.391 e. The van der Waals surface area contributed by atoms with Crippen molar-refractivity contribution in [2.45, 2.75) is 32.9 Å². The Morgan fingerprint density at radius 3 is 2.90 bits per heavy atom. The van der Waals surface area contributed by atoms with Crippen LogP contribution < -0.4 is 0 Å². The first-order valence-electron chi connectivity index (χ1n) is 7.02. The average Bonchev–Trinajstić information content (AvgIpc) is 3.06. The van der Waals surface area contributed by atoms with Crippen LogP contribution in [0.2, 0.25) is 0 Å². The molecule has 6 heteroatoms. The van der Waals surface area contributed by atoms with E-state index in [2.05, 4.69) is 25.1 Å². The number of hydrogen-bond acceptors (Lipinski definition) is 4. The number of aromatic nitrogens is 4. The lowest BCUT2D eigenvalue weighted by Gasteiger charge is -2.14. The van der Waals surface area contributed by atoms with Crippen LogP contribution in [0.1, 0.15) is 22.8 Å². The number of aryl methyl sites for hydroxylation is 2. The Kier molecular flexibility index (Phi) is 3.58. The summed E-state index contributed by atoms with van der Waals surface area (Å²) in [5.74, 6) is 0.247. The quantitative estimate of drug-likeness (QED) is 0.770. The van der Waals surface area contributed by atoms with E-state index in [9.17, 15) is 5.11 Å². The van der Waals surface area contributed by atoms with Crippen LogP contribution >= 0.6 is 0 Å². The number of aliphatic hydroxyl groups is 1. The molecule has 3 heterocycles. The van der Waals surface area contributed by atoms with Crippen molar-refractivity contribution in [2.24, 2.45) is 5.92 Å². The van der Waals surface area contributed by atoms with Gasteiger partial charge in [0.1, 0.15) is 0 Å². The molecule has 2 aromatic rings. The van der Waals surface area contributed by atoms with E-state index in [1.807, 2.05) is 19.9 Å². The number of aromatic amines is 2. The maximum atomic E-state index is 10.2. The summed E-state index contributed by atoms with van der Waals surface area (Å²) in [6.07, 6.45) is 2.26. The summed E-state index contributed by atoms with van der Waals surface area (Å²) in [4.78, 5) is 9.68. The Labute approximate surface area is 118 Å². The number of likely N-dealkylation sites (tertiary alicyclic amines) is 1. The third-order valence-electron chi connectivity index (χ3n) is 4.02. The molecule has 0 aliphatic carbocycles. The summed E-state index contributed by atoms with van der Waals surface area (Å²) >= 11 is 0. The SMILES string of the molecule is Cc1cc(C[C@@H]2CN(Cc3nc[nH]c3C)C[C@H]2O)n[nH]1. The molecule has 1 aliphatic heterocycles. The fourth-order valence-corrected chi connectivity index (χ4v) is 2.88. The van der Waals surface area contributed by atoms with E-state index in [1.54, 1.807) is 6.33 Å². The van der Waals surface area contributed by atoms with Crippen molar-refractivity contribution in [3.63, 3.8) is 0 Å². The highest BCUT2D eigenvalue weighted by atomic mass is 16.3. The second-order valence-electron chi connectivity index (χ2n) is 5.74. The summed E-state index contributed by atoms with van der Waals surface area (Å²) in [6, 6.07) is 2.05. The average molecular weight is 275 g/mol. The largest absolute Gasteiger partial charge is 0.391 e. The molecule has 20 heavy (non-hydrogen) atoms. The minimum atomic E-state index is -0.286. The van der Waals surface area contributed by atoms with E-state index in [4.69, 9.17) is 0 Å². The zero-order chi connectivity index (χ0) is 14.1. The summed E-state index contributed by atoms with van der Waals surface area (Å²) in [5.41, 5.74) is 4.26. The maximum Gasteiger partial charge on any atom is 0.0925 e. The van der Waals surface area contributed by atoms with E-state index < -0.39 is 0 Å². The van der Waals surface area contributed by atoms with Gasteiger partial charge in [-0.05, 0) is 26.3 Å². The van der Waals surface area contributed by atoms with Crippen LogP contribution in [-0.4, -0.2) is 49.4 Å². The molecule has 1 aliphatic rings. The maximum absolute atomic E-state index is 10.2. The molecule has 3 N–H and O–H groups in total. The molecule has 6 nitrogen and oxygen atoms in total. The number of H-pyrrole nitrogens is 2. The predicted octanol–water partition coefficient (Wildman–Crippen LogP) is 0.785. The summed E-state index contributed by atoms with van der Waals surface area (Å²) in [5, 5.41) is 17.4. The molecule has 108 valence electrons. The van der Waals surface area contributed by atoms with Crippen LogP contribution in [0.3, 0.4) is 0 Å². The highest BCUT2D eigenvalue weighted by Crippen LogP contribution is 2.22. The van der Waals surface area contributed by atoms with Crippen LogP contribution in [0.5, 0.6) is 0 Å². The zero-order valence-electron chi connectivity index (χ0n) is 11.9. The van der Waals surface area contributed by atoms with Crippen molar-refractivity contribution in [2.75, 3.05) is 13.1 Å². The molecule has 0 radical (unpaired) electrons. The van der Waals surface area contributed by atoms with E-state index in [0.717, 1.165) is 42.3 Å². The van der Waals surface area contributed by atoms with Gasteiger partial charge in [-0.3, -0.25) is 10.00 Å². The second kappa shape index (κ2) is 5.38. The topological polar surface area (TPSA) is 80.8 Å². The van der Waals surface area contributed by atoms with Crippen LogP contribution in [0.15, 0.2) is 12.4 Å². The first-order valence-corrected chi connectivity index (χ1v) is 7.02. The molecule has 2 aromatic heterocycles. The van der Waals surface area contributed by atoms with Gasteiger partial charge in [0, 0.05) is 36.9 Å². The van der Waals surface area contributed by atoms with Crippen molar-refractivity contribution < 1.29 is 5.11 Å². The van der Waals surface area contributed by atoms with Gasteiger partial charge in [0.2, 0.25) is 0 Å². The van der Waals surface area contributed by atoms with E-state index >= 15 is 0 Å². The standard InChI is InChI=1S/C14H21N5O/c1-9-3-12(18-17-9)4-11-5-19(7-14(11)20)6-13-10(2)15-8-16-13/h3,8,11,14,20H,4-7H2,1-2H3,(H,15,16)(H,17,18)/t11-,14-/m1/s1. The summed E-state index contributed by atoms with van der Waals surface area (Å²) in [6.45, 7) is 6.41. The number of imidazole rings is 1. The number of aliphatic hydroxyl groups excluding tert-OH is 1. The lowest BCUT2D eigenvalue weighted by atomic mass is 10.0. The molecule has 1 saturated heterocycles. The monoisotopic (exact) mass is 275 g/mol. The molecule has 2 atom stereocenters. The minimum absolute atomic E-state index is 0.247. The summed E-state index contributed by atoms with van der Waals surface area (Å²) in [7, 11) is 0. The fraction of sp³-hybridized carbons (Fsp3) is 0.571. The van der Waals surface area contributed by atoms with Crippen LogP contribution in [0, 0.1) is 19.8 Å². The van der Waals surface area contributed by atoms with Gasteiger partial charge in [-0.1, -0.05) is 0 Å². The molecule has 3 rings (SSSR count). The summed E-state index contributed by atoms with van der Waals surface area (Å²) < 4.78 is 0. The molecule has 0 spiro atoms. The van der Waals surface area contributed by atoms with Gasteiger partial charge in [-0.2, -0.15) is 5.10 Å². The number of β-amino-alcohol motifs (C(OH)–C–C–N with tert-alkyl or cyclic N) is 1. The van der Waals surface area contributed by atoms with Crippen molar-refractivity contribution in [1.82, 2.24) is 25.1 Å². The van der Waals surface area contributed by atoms with Gasteiger partial charge >= 0.3 is 0 Å². The normalized spacial score (nSPS) is 23.6. The lowest BCUT2D eigenvalue weighted by molar-refractivity contribution is 0.140. The van der Waals surface area contributed by atoms with Crippen LogP contribution in [-0.2, 0) is 13.0 Å². The first kappa shape index (κ1) is 13.3. The Morgan fingerprint density at radius 1 is 1.40 bits per heavy atom. The van der Waals surface area contributed by atoms with E-state index in [0.29, 0.717) is 6.54 Å². The van der Waals surface area contributed by atoms with Crippen LogP contribution in [0.4, 0.5) is 0 Å². The van der Waals surface area contributed by atoms with E-state index in [-0.39, 0.29) is 12.0 Å². The lowest BCUT2D eigenvalue weighted by Crippen LogP contribution is -2.22. The number of hydrogen-bond donors (Lipinski definition) is 3. The van der Waals surface area contributed by atoms with Crippen molar-refractivity contribution >= 4 is 0 Å². The number of nitrogens with one attached hydrogen (secondary N) is 2. The Hall–Kier alpha value is -1.66. The van der Waals surface area contributed by atoms with Gasteiger partial charge in [0.15, 0.2) is 0 Å². The van der Waals surface area contributed by atoms with Gasteiger partial charge in [0.05, 0.1) is 23.8 Å². The van der Waals surface area contributed by atoms with Gasteiger partial charge < -0.3 is 10.1 Å². The highest BCUT2D eigenvalue weighted by molar-refractivity contribution is 5.11. The van der Waals surface area contributed by atoms with Crippen LogP contribution in [0.25, 0.3) is 0 Å². The molecule has 0 aromatic carbocycles. The molecular formula is C14H21N5O. The molecule has 0 saturated carbocycles. The second-order valence-corrected chi connectivity index (χ2v) is 5.74. The first-order chi connectivity index (χ1) is 9.61. The third kappa shape index (κ3) is 2.76. The third-order valence-corrected chi connectivity index (χ3v) is 4.02. The van der Waals surface area contributed by atoms with Crippen molar-refractivity contribution in [1.29, 1.82) is 0 Å². The zero-order valence-corrected chi connectivity index (χ0v) is 11.9. The Bertz CT molecular complexity index is 576. The number of rotatable bonds is 4. The highest BCUT2D eigenvalue weighted by Gasteiger charge is 2.32.